The Bertz CT molecular complexity index is 323. The molecule has 2 nitrogen and oxygen atoms in total. The molecule has 3 heteroatoms. The summed E-state index contributed by atoms with van der Waals surface area (Å²) in [6, 6.07) is 6.96. The second-order valence-corrected chi connectivity index (χ2v) is 2.94. The largest absolute Gasteiger partial charge is 0.467 e. The molecule has 1 aromatic carbocycles. The maximum Gasteiger partial charge on any atom is 0.345 e. The highest BCUT2D eigenvalue weighted by atomic mass is 19.1. The van der Waals surface area contributed by atoms with Crippen molar-refractivity contribution in [2.45, 2.75) is 19.5 Å². The predicted molar refractivity (Wildman–Crippen MR) is 51.7 cm³/mol. The molecule has 1 atom stereocenters. The van der Waals surface area contributed by atoms with Crippen molar-refractivity contribution in [3.8, 4) is 0 Å². The Morgan fingerprint density at radius 3 is 2.71 bits per heavy atom. The molecule has 0 saturated carbocycles. The third-order valence-electron chi connectivity index (χ3n) is 2.12. The van der Waals surface area contributed by atoms with Gasteiger partial charge in [0.1, 0.15) is 0 Å². The summed E-state index contributed by atoms with van der Waals surface area (Å²) < 4.78 is 17.9. The van der Waals surface area contributed by atoms with E-state index in [4.69, 9.17) is 0 Å². The number of methoxy groups -OCH3 is 1. The third-order valence-corrected chi connectivity index (χ3v) is 2.12. The Kier molecular flexibility index (Phi) is 3.63. The molecule has 1 unspecified atom stereocenters. The Hall–Kier alpha value is -1.38. The molecule has 0 aliphatic rings. The Labute approximate surface area is 82.7 Å². The second kappa shape index (κ2) is 4.74. The van der Waals surface area contributed by atoms with Gasteiger partial charge in [-0.15, -0.1) is 0 Å². The molecule has 0 amide bonds. The molecule has 14 heavy (non-hydrogen) atoms. The lowest BCUT2D eigenvalue weighted by atomic mass is 10.0. The number of benzene rings is 1. The maximum atomic E-state index is 13.5. The minimum absolute atomic E-state index is 0.404. The quantitative estimate of drug-likeness (QED) is 0.694. The molecule has 0 radical (unpaired) electrons. The Morgan fingerprint density at radius 1 is 1.50 bits per heavy atom. The van der Waals surface area contributed by atoms with E-state index >= 15 is 0 Å². The normalized spacial score (nSPS) is 12.2. The molecular formula is C11H13FO2. The zero-order chi connectivity index (χ0) is 10.6. The Balaban J connectivity index is 2.99. The number of hydrogen-bond donors (Lipinski definition) is 0. The minimum atomic E-state index is -1.67. The smallest absolute Gasteiger partial charge is 0.345 e. The molecule has 0 aromatic heterocycles. The first-order chi connectivity index (χ1) is 6.70. The van der Waals surface area contributed by atoms with Crippen LogP contribution in [0.4, 0.5) is 4.39 Å². The van der Waals surface area contributed by atoms with E-state index in [1.54, 1.807) is 12.1 Å². The molecule has 1 rings (SSSR count). The van der Waals surface area contributed by atoms with Crippen molar-refractivity contribution in [1.29, 1.82) is 0 Å². The van der Waals surface area contributed by atoms with Crippen LogP contribution in [0.5, 0.6) is 0 Å². The van der Waals surface area contributed by atoms with Crippen LogP contribution >= 0.6 is 0 Å². The van der Waals surface area contributed by atoms with Gasteiger partial charge in [-0.2, -0.15) is 0 Å². The fourth-order valence-corrected chi connectivity index (χ4v) is 1.33. The number of ether oxygens (including phenoxy) is 1. The zero-order valence-corrected chi connectivity index (χ0v) is 8.29. The van der Waals surface area contributed by atoms with Crippen molar-refractivity contribution < 1.29 is 13.9 Å². The number of aryl methyl sites for hydroxylation is 1. The van der Waals surface area contributed by atoms with Crippen molar-refractivity contribution in [2.75, 3.05) is 7.11 Å². The first kappa shape index (κ1) is 10.7. The van der Waals surface area contributed by atoms with Gasteiger partial charge in [0.2, 0.25) is 6.17 Å². The second-order valence-electron chi connectivity index (χ2n) is 2.94. The van der Waals surface area contributed by atoms with Crippen LogP contribution in [-0.4, -0.2) is 13.1 Å². The zero-order valence-electron chi connectivity index (χ0n) is 8.29. The summed E-state index contributed by atoms with van der Waals surface area (Å²) in [6.45, 7) is 1.92. The minimum Gasteiger partial charge on any atom is -0.467 e. The van der Waals surface area contributed by atoms with E-state index in [1.807, 2.05) is 19.1 Å². The van der Waals surface area contributed by atoms with Crippen molar-refractivity contribution in [2.24, 2.45) is 0 Å². The van der Waals surface area contributed by atoms with Gasteiger partial charge in [-0.05, 0) is 12.0 Å². The summed E-state index contributed by atoms with van der Waals surface area (Å²) in [6.07, 6.45) is -0.968. The lowest BCUT2D eigenvalue weighted by Crippen LogP contribution is -2.11. The van der Waals surface area contributed by atoms with Gasteiger partial charge in [0.15, 0.2) is 0 Å². The number of alkyl halides is 1. The highest BCUT2D eigenvalue weighted by Gasteiger charge is 2.21. The molecule has 0 bridgehead atoms. The first-order valence-corrected chi connectivity index (χ1v) is 4.50. The van der Waals surface area contributed by atoms with Crippen LogP contribution in [0.25, 0.3) is 0 Å². The summed E-state index contributed by atoms with van der Waals surface area (Å²) in [7, 11) is 1.18. The number of hydrogen-bond acceptors (Lipinski definition) is 2. The average Bonchev–Trinajstić information content (AvgIpc) is 2.26. The molecule has 0 fully saturated rings. The lowest BCUT2D eigenvalue weighted by Gasteiger charge is -2.10. The topological polar surface area (TPSA) is 26.3 Å². The van der Waals surface area contributed by atoms with E-state index in [0.717, 1.165) is 5.56 Å². The van der Waals surface area contributed by atoms with Crippen LogP contribution in [0, 0.1) is 0 Å². The summed E-state index contributed by atoms with van der Waals surface area (Å²) in [4.78, 5) is 11.0. The van der Waals surface area contributed by atoms with E-state index in [9.17, 15) is 9.18 Å². The number of halogens is 1. The number of carbonyl (C=O) groups excluding carboxylic acids is 1. The summed E-state index contributed by atoms with van der Waals surface area (Å²) in [5.74, 6) is -0.842. The summed E-state index contributed by atoms with van der Waals surface area (Å²) in [5.41, 5.74) is 1.24. The van der Waals surface area contributed by atoms with Gasteiger partial charge in [0.05, 0.1) is 7.11 Å². The van der Waals surface area contributed by atoms with Gasteiger partial charge >= 0.3 is 5.97 Å². The van der Waals surface area contributed by atoms with Crippen molar-refractivity contribution in [3.05, 3.63) is 35.4 Å². The Morgan fingerprint density at radius 2 is 2.14 bits per heavy atom. The molecule has 0 aliphatic carbocycles. The fourth-order valence-electron chi connectivity index (χ4n) is 1.33. The summed E-state index contributed by atoms with van der Waals surface area (Å²) >= 11 is 0. The molecule has 76 valence electrons. The molecule has 1 aromatic rings. The molecule has 0 heterocycles. The van der Waals surface area contributed by atoms with Crippen molar-refractivity contribution in [1.82, 2.24) is 0 Å². The standard InChI is InChI=1S/C11H13FO2/c1-3-8-6-4-5-7-9(8)10(12)11(13)14-2/h4-7,10H,3H2,1-2H3. The molecule has 0 N–H and O–H groups in total. The third kappa shape index (κ3) is 2.10. The van der Waals surface area contributed by atoms with Gasteiger partial charge in [-0.3, -0.25) is 0 Å². The molecule has 0 spiro atoms. The van der Waals surface area contributed by atoms with Crippen molar-refractivity contribution in [3.63, 3.8) is 0 Å². The number of esters is 1. The fraction of sp³-hybridized carbons (Fsp3) is 0.364. The van der Waals surface area contributed by atoms with Crippen LogP contribution in [-0.2, 0) is 16.0 Å². The van der Waals surface area contributed by atoms with Gasteiger partial charge in [-0.25, -0.2) is 9.18 Å². The van der Waals surface area contributed by atoms with E-state index in [2.05, 4.69) is 4.74 Å². The predicted octanol–water partition coefficient (Wildman–Crippen LogP) is 2.43. The van der Waals surface area contributed by atoms with Crippen LogP contribution in [0.3, 0.4) is 0 Å². The molecule has 0 aliphatic heterocycles. The van der Waals surface area contributed by atoms with Gasteiger partial charge in [0, 0.05) is 5.56 Å². The van der Waals surface area contributed by atoms with Crippen LogP contribution < -0.4 is 0 Å². The maximum absolute atomic E-state index is 13.5. The van der Waals surface area contributed by atoms with E-state index < -0.39 is 12.1 Å². The summed E-state index contributed by atoms with van der Waals surface area (Å²) in [5, 5.41) is 0. The van der Waals surface area contributed by atoms with Crippen LogP contribution in [0.15, 0.2) is 24.3 Å². The monoisotopic (exact) mass is 196 g/mol. The average molecular weight is 196 g/mol. The first-order valence-electron chi connectivity index (χ1n) is 4.50. The highest BCUT2D eigenvalue weighted by molar-refractivity contribution is 5.76. The SMILES string of the molecule is CCc1ccccc1C(F)C(=O)OC. The molecule has 0 saturated heterocycles. The lowest BCUT2D eigenvalue weighted by molar-refractivity contribution is -0.146. The number of carbonyl (C=O) groups is 1. The number of rotatable bonds is 3. The van der Waals surface area contributed by atoms with Crippen molar-refractivity contribution >= 4 is 5.97 Å². The van der Waals surface area contributed by atoms with Crippen LogP contribution in [0.1, 0.15) is 24.2 Å². The molecular weight excluding hydrogens is 183 g/mol. The highest BCUT2D eigenvalue weighted by Crippen LogP contribution is 2.22. The van der Waals surface area contributed by atoms with Crippen LogP contribution in [0.2, 0.25) is 0 Å². The van der Waals surface area contributed by atoms with E-state index in [-0.39, 0.29) is 0 Å². The van der Waals surface area contributed by atoms with E-state index in [1.165, 1.54) is 7.11 Å². The van der Waals surface area contributed by atoms with Gasteiger partial charge in [0.25, 0.3) is 0 Å². The van der Waals surface area contributed by atoms with E-state index in [0.29, 0.717) is 12.0 Å². The van der Waals surface area contributed by atoms with Gasteiger partial charge in [-0.1, -0.05) is 31.2 Å². The van der Waals surface area contributed by atoms with Gasteiger partial charge < -0.3 is 4.74 Å².